The molecule has 1 amide bonds. The minimum Gasteiger partial charge on any atom is -0.390 e. The van der Waals surface area contributed by atoms with Gasteiger partial charge in [0.15, 0.2) is 0 Å². The summed E-state index contributed by atoms with van der Waals surface area (Å²) < 4.78 is 5.51. The predicted molar refractivity (Wildman–Crippen MR) is 190 cm³/mol. The van der Waals surface area contributed by atoms with Gasteiger partial charge >= 0.3 is 0 Å². The molecule has 0 bridgehead atoms. The molecule has 286 valence electrons. The summed E-state index contributed by atoms with van der Waals surface area (Å²) in [6.45, 7) is 3.56. The number of unbranched alkanes of at least 4 members (excludes halogenated alkanes) is 22. The number of rotatable bonds is 31. The van der Waals surface area contributed by atoms with E-state index in [0.29, 0.717) is 6.42 Å². The zero-order valence-corrected chi connectivity index (χ0v) is 30.5. The quantitative estimate of drug-likeness (QED) is 0.0455. The molecule has 1 aliphatic rings. The zero-order chi connectivity index (χ0) is 35.6. The van der Waals surface area contributed by atoms with Gasteiger partial charge in [-0.25, -0.2) is 0 Å². The molecule has 0 aliphatic heterocycles. The Bertz CT molecular complexity index is 744. The van der Waals surface area contributed by atoms with Crippen LogP contribution in [0.3, 0.4) is 0 Å². The molecular weight excluding hydrogens is 614 g/mol. The summed E-state index contributed by atoms with van der Waals surface area (Å²) >= 11 is 0. The van der Waals surface area contributed by atoms with Crippen LogP contribution in [0, 0.1) is 0 Å². The van der Waals surface area contributed by atoms with E-state index in [9.17, 15) is 40.5 Å². The molecule has 1 saturated carbocycles. The van der Waals surface area contributed by atoms with E-state index >= 15 is 0 Å². The van der Waals surface area contributed by atoms with Gasteiger partial charge in [-0.2, -0.15) is 0 Å². The average molecular weight is 690 g/mol. The Balaban J connectivity index is 2.07. The Morgan fingerprint density at radius 1 is 0.542 bits per heavy atom. The largest absolute Gasteiger partial charge is 0.390 e. The van der Waals surface area contributed by atoms with Crippen molar-refractivity contribution in [2.75, 3.05) is 6.61 Å². The first-order valence-electron chi connectivity index (χ1n) is 19.8. The number of hydrogen-bond donors (Lipinski definition) is 8. The van der Waals surface area contributed by atoms with Gasteiger partial charge in [-0.05, 0) is 12.8 Å². The minimum absolute atomic E-state index is 0.227. The van der Waals surface area contributed by atoms with Gasteiger partial charge in [0.1, 0.15) is 42.7 Å². The van der Waals surface area contributed by atoms with Crippen LogP contribution in [0.2, 0.25) is 0 Å². The SMILES string of the molecule is CCCCCCCCCCCCCCCCCCCCCCCCCC(=O)NC(COC1C(O)C(O)C(O)C(O)C1O)C(O)C(O)CC. The Morgan fingerprint density at radius 3 is 1.23 bits per heavy atom. The van der Waals surface area contributed by atoms with E-state index < -0.39 is 61.5 Å². The highest BCUT2D eigenvalue weighted by Gasteiger charge is 2.49. The molecule has 8 N–H and O–H groups in total. The number of ether oxygens (including phenoxy) is 1. The number of aliphatic hydroxyl groups excluding tert-OH is 7. The van der Waals surface area contributed by atoms with Gasteiger partial charge in [-0.3, -0.25) is 4.79 Å². The summed E-state index contributed by atoms with van der Waals surface area (Å²) in [7, 11) is 0. The molecule has 1 fully saturated rings. The van der Waals surface area contributed by atoms with Crippen molar-refractivity contribution in [2.24, 2.45) is 0 Å². The lowest BCUT2D eigenvalue weighted by Gasteiger charge is -2.42. The van der Waals surface area contributed by atoms with Gasteiger partial charge in [0.05, 0.1) is 18.8 Å². The maximum absolute atomic E-state index is 12.6. The minimum atomic E-state index is -1.75. The maximum atomic E-state index is 12.6. The topological polar surface area (TPSA) is 180 Å². The van der Waals surface area contributed by atoms with E-state index in [1.54, 1.807) is 6.92 Å². The average Bonchev–Trinajstić information content (AvgIpc) is 3.08. The molecule has 1 aliphatic carbocycles. The van der Waals surface area contributed by atoms with Gasteiger partial charge in [0.2, 0.25) is 5.91 Å². The van der Waals surface area contributed by atoms with Crippen molar-refractivity contribution in [3.05, 3.63) is 0 Å². The summed E-state index contributed by atoms with van der Waals surface area (Å²) in [5.74, 6) is -0.310. The number of hydrogen-bond acceptors (Lipinski definition) is 9. The number of nitrogens with one attached hydrogen (secondary N) is 1. The molecule has 10 heteroatoms. The Morgan fingerprint density at radius 2 is 0.875 bits per heavy atom. The van der Waals surface area contributed by atoms with Gasteiger partial charge in [0.25, 0.3) is 0 Å². The van der Waals surface area contributed by atoms with Crippen molar-refractivity contribution in [2.45, 2.75) is 229 Å². The van der Waals surface area contributed by atoms with Gasteiger partial charge in [0, 0.05) is 6.42 Å². The summed E-state index contributed by atoms with van der Waals surface area (Å²) in [6.07, 6.45) is 17.8. The molecule has 0 saturated heterocycles. The third-order valence-electron chi connectivity index (χ3n) is 10.1. The van der Waals surface area contributed by atoms with Gasteiger partial charge < -0.3 is 45.8 Å². The summed E-state index contributed by atoms with van der Waals surface area (Å²) in [6, 6.07) is -1.04. The summed E-state index contributed by atoms with van der Waals surface area (Å²) in [5.41, 5.74) is 0. The highest BCUT2D eigenvalue weighted by molar-refractivity contribution is 5.76. The first kappa shape index (κ1) is 45.2. The van der Waals surface area contributed by atoms with Gasteiger partial charge in [-0.1, -0.05) is 155 Å². The lowest BCUT2D eigenvalue weighted by atomic mass is 9.85. The number of amides is 1. The summed E-state index contributed by atoms with van der Waals surface area (Å²) in [5, 5.41) is 73.5. The molecule has 7 atom stereocenters. The maximum Gasteiger partial charge on any atom is 0.220 e. The molecule has 7 unspecified atom stereocenters. The smallest absolute Gasteiger partial charge is 0.220 e. The molecule has 1 rings (SSSR count). The fourth-order valence-corrected chi connectivity index (χ4v) is 6.69. The third kappa shape index (κ3) is 19.5. The highest BCUT2D eigenvalue weighted by Crippen LogP contribution is 2.24. The van der Waals surface area contributed by atoms with Gasteiger partial charge in [-0.15, -0.1) is 0 Å². The van der Waals surface area contributed by atoms with E-state index in [4.69, 9.17) is 4.74 Å². The molecule has 0 radical (unpaired) electrons. The molecular formula is C38H75NO9. The van der Waals surface area contributed by atoms with E-state index in [1.165, 1.54) is 122 Å². The van der Waals surface area contributed by atoms with E-state index in [2.05, 4.69) is 12.2 Å². The number of carbonyl (C=O) groups is 1. The van der Waals surface area contributed by atoms with Crippen molar-refractivity contribution in [1.29, 1.82) is 0 Å². The molecule has 10 nitrogen and oxygen atoms in total. The van der Waals surface area contributed by atoms with Crippen molar-refractivity contribution in [3.8, 4) is 0 Å². The lowest BCUT2D eigenvalue weighted by Crippen LogP contribution is -2.65. The third-order valence-corrected chi connectivity index (χ3v) is 10.1. The van der Waals surface area contributed by atoms with Crippen LogP contribution in [-0.2, 0) is 9.53 Å². The highest BCUT2D eigenvalue weighted by atomic mass is 16.5. The van der Waals surface area contributed by atoms with Crippen LogP contribution < -0.4 is 5.32 Å². The van der Waals surface area contributed by atoms with Crippen molar-refractivity contribution in [3.63, 3.8) is 0 Å². The van der Waals surface area contributed by atoms with Crippen molar-refractivity contribution < 1.29 is 45.3 Å². The summed E-state index contributed by atoms with van der Waals surface area (Å²) in [4.78, 5) is 12.6. The Kier molecular flexibility index (Phi) is 27.1. The first-order chi connectivity index (χ1) is 23.1. The second kappa shape index (κ2) is 28.8. The first-order valence-corrected chi connectivity index (χ1v) is 19.8. The van der Waals surface area contributed by atoms with Crippen molar-refractivity contribution >= 4 is 5.91 Å². The Hall–Kier alpha value is -0.850. The van der Waals surface area contributed by atoms with E-state index in [-0.39, 0.29) is 18.7 Å². The van der Waals surface area contributed by atoms with Crippen LogP contribution in [0.4, 0.5) is 0 Å². The molecule has 48 heavy (non-hydrogen) atoms. The number of carbonyl (C=O) groups excluding carboxylic acids is 1. The van der Waals surface area contributed by atoms with E-state index in [1.807, 2.05) is 0 Å². The van der Waals surface area contributed by atoms with Crippen LogP contribution in [-0.4, -0.2) is 103 Å². The van der Waals surface area contributed by atoms with Crippen LogP contribution in [0.25, 0.3) is 0 Å². The molecule has 0 spiro atoms. The second-order valence-electron chi connectivity index (χ2n) is 14.4. The Labute approximate surface area is 292 Å². The van der Waals surface area contributed by atoms with Crippen LogP contribution in [0.15, 0.2) is 0 Å². The van der Waals surface area contributed by atoms with Crippen LogP contribution >= 0.6 is 0 Å². The number of aliphatic hydroxyl groups is 7. The fourth-order valence-electron chi connectivity index (χ4n) is 6.69. The monoisotopic (exact) mass is 690 g/mol. The van der Waals surface area contributed by atoms with E-state index in [0.717, 1.165) is 19.3 Å². The van der Waals surface area contributed by atoms with Crippen LogP contribution in [0.5, 0.6) is 0 Å². The van der Waals surface area contributed by atoms with Crippen molar-refractivity contribution in [1.82, 2.24) is 5.32 Å². The normalized spacial score (nSPS) is 24.8. The second-order valence-corrected chi connectivity index (χ2v) is 14.4. The van der Waals surface area contributed by atoms with Crippen LogP contribution in [0.1, 0.15) is 174 Å². The molecule has 0 aromatic rings. The molecule has 0 aromatic carbocycles. The molecule has 0 heterocycles. The predicted octanol–water partition coefficient (Wildman–Crippen LogP) is 5.19. The molecule has 0 aromatic heterocycles. The lowest BCUT2D eigenvalue weighted by molar-refractivity contribution is -0.237. The standard InChI is InChI=1S/C38H75NO9/c1-3-5-6-7-8-9-10-11-12-13-14-15-16-17-18-19-20-21-22-23-24-25-26-27-31(41)39-29(32(42)30(40)4-2)28-48-38-36(46)34(44)33(43)35(45)37(38)47/h29-30,32-38,40,42-47H,3-28H2,1-2H3,(H,39,41). The zero-order valence-electron chi connectivity index (χ0n) is 30.5. The fraction of sp³-hybridized carbons (Fsp3) is 0.974.